The molecule has 2 N–H and O–H groups in total. The number of amides is 3. The predicted molar refractivity (Wildman–Crippen MR) is 145 cm³/mol. The van der Waals surface area contributed by atoms with Crippen LogP contribution in [-0.2, 0) is 25.7 Å². The summed E-state index contributed by atoms with van der Waals surface area (Å²) in [5, 5.41) is 7.27. The van der Waals surface area contributed by atoms with Crippen molar-refractivity contribution in [3.8, 4) is 0 Å². The highest BCUT2D eigenvalue weighted by atomic mass is 35.5. The van der Waals surface area contributed by atoms with E-state index in [9.17, 15) is 14.4 Å². The minimum absolute atomic E-state index is 0.0219. The monoisotopic (exact) mass is 565 g/mol. The number of nitrogens with one attached hydrogen (secondary N) is 2. The summed E-state index contributed by atoms with van der Waals surface area (Å²) in [6.45, 7) is 5.28. The van der Waals surface area contributed by atoms with E-state index in [2.05, 4.69) is 15.5 Å². The van der Waals surface area contributed by atoms with Crippen molar-refractivity contribution in [2.45, 2.75) is 50.7 Å². The fraction of sp³-hybridized carbons (Fsp3) is 0.667. The molecule has 11 heteroatoms. The maximum Gasteiger partial charge on any atom is 0.239 e. The molecule has 3 aliphatic heterocycles. The smallest absolute Gasteiger partial charge is 0.239 e. The molecule has 0 radical (unpaired) electrons. The lowest BCUT2D eigenvalue weighted by molar-refractivity contribution is -0.146. The lowest BCUT2D eigenvalue weighted by Crippen LogP contribution is -2.62. The zero-order chi connectivity index (χ0) is 26.6. The first-order valence-electron chi connectivity index (χ1n) is 13.7. The molecule has 3 unspecified atom stereocenters. The van der Waals surface area contributed by atoms with E-state index in [1.54, 1.807) is 17.0 Å². The minimum atomic E-state index is -0.206. The van der Waals surface area contributed by atoms with Gasteiger partial charge in [0, 0.05) is 63.9 Å². The fourth-order valence-electron chi connectivity index (χ4n) is 6.26. The third-order valence-corrected chi connectivity index (χ3v) is 9.26. The Kier molecular flexibility index (Phi) is 9.10. The molecule has 1 aromatic carbocycles. The molecule has 1 aromatic rings. The molecule has 38 heavy (non-hydrogen) atoms. The van der Waals surface area contributed by atoms with Crippen molar-refractivity contribution in [3.05, 3.63) is 33.8 Å². The number of fused-ring (bicyclic) bond motifs is 1. The van der Waals surface area contributed by atoms with Crippen LogP contribution in [0, 0.1) is 11.8 Å². The highest BCUT2D eigenvalue weighted by Gasteiger charge is 2.43. The molecule has 0 bridgehead atoms. The van der Waals surface area contributed by atoms with Gasteiger partial charge in [0.2, 0.25) is 17.7 Å². The molecule has 3 amide bonds. The Morgan fingerprint density at radius 3 is 2.53 bits per heavy atom. The number of halogens is 2. The summed E-state index contributed by atoms with van der Waals surface area (Å²) in [5.41, 5.74) is 0.848. The van der Waals surface area contributed by atoms with Gasteiger partial charge in [-0.05, 0) is 49.8 Å². The van der Waals surface area contributed by atoms with Gasteiger partial charge in [-0.25, -0.2) is 0 Å². The summed E-state index contributed by atoms with van der Waals surface area (Å²) >= 11 is 12.0. The largest absolute Gasteiger partial charge is 0.381 e. The molecule has 0 spiro atoms. The van der Waals surface area contributed by atoms with E-state index in [1.165, 1.54) is 0 Å². The van der Waals surface area contributed by atoms with Crippen LogP contribution in [0.15, 0.2) is 18.2 Å². The van der Waals surface area contributed by atoms with Crippen LogP contribution in [-0.4, -0.2) is 97.1 Å². The fourth-order valence-corrected chi connectivity index (χ4v) is 6.58. The van der Waals surface area contributed by atoms with Crippen LogP contribution in [0.25, 0.3) is 0 Å². The Hall–Kier alpha value is -1.91. The van der Waals surface area contributed by atoms with Crippen molar-refractivity contribution in [1.82, 2.24) is 25.3 Å². The predicted octanol–water partition coefficient (Wildman–Crippen LogP) is 2.11. The van der Waals surface area contributed by atoms with Crippen LogP contribution >= 0.6 is 23.2 Å². The maximum absolute atomic E-state index is 13.4. The molecule has 4 aliphatic rings. The standard InChI is InChI=1S/C27H37Cl2N5O4/c28-22-3-1-18(13-23(22)29)15-30-25(35)16-34-17-31-24-4-2-20(14-21(24)27(34)37)32-7-9-33(10-8-32)26(36)19-5-11-38-12-6-19/h1,3,13,19-21,24,31H,2,4-12,14-17H2,(H,30,35). The summed E-state index contributed by atoms with van der Waals surface area (Å²) in [7, 11) is 0. The van der Waals surface area contributed by atoms with Crippen molar-refractivity contribution in [1.29, 1.82) is 0 Å². The van der Waals surface area contributed by atoms with Crippen molar-refractivity contribution in [2.24, 2.45) is 11.8 Å². The highest BCUT2D eigenvalue weighted by Crippen LogP contribution is 2.32. The lowest BCUT2D eigenvalue weighted by atomic mass is 9.79. The number of nitrogens with zero attached hydrogens (tertiary/aromatic N) is 3. The van der Waals surface area contributed by atoms with Crippen molar-refractivity contribution >= 4 is 40.9 Å². The van der Waals surface area contributed by atoms with Gasteiger partial charge in [0.25, 0.3) is 0 Å². The zero-order valence-electron chi connectivity index (χ0n) is 21.7. The Morgan fingerprint density at radius 2 is 1.79 bits per heavy atom. The van der Waals surface area contributed by atoms with Crippen molar-refractivity contribution in [2.75, 3.05) is 52.6 Å². The topological polar surface area (TPSA) is 94.2 Å². The normalized spacial score (nSPS) is 27.2. The number of carbonyl (C=O) groups is 3. The lowest BCUT2D eigenvalue weighted by Gasteiger charge is -2.47. The van der Waals surface area contributed by atoms with Crippen LogP contribution in [0.1, 0.15) is 37.7 Å². The van der Waals surface area contributed by atoms with Crippen LogP contribution in [0.5, 0.6) is 0 Å². The van der Waals surface area contributed by atoms with Crippen LogP contribution < -0.4 is 10.6 Å². The number of hydrogen-bond acceptors (Lipinski definition) is 6. The van der Waals surface area contributed by atoms with Crippen LogP contribution in [0.3, 0.4) is 0 Å². The summed E-state index contributed by atoms with van der Waals surface area (Å²) in [6, 6.07) is 5.73. The molecule has 9 nitrogen and oxygen atoms in total. The quantitative estimate of drug-likeness (QED) is 0.548. The first-order chi connectivity index (χ1) is 18.4. The summed E-state index contributed by atoms with van der Waals surface area (Å²) in [6.07, 6.45) is 4.42. The van der Waals surface area contributed by atoms with Gasteiger partial charge >= 0.3 is 0 Å². The van der Waals surface area contributed by atoms with Gasteiger partial charge in [0.1, 0.15) is 6.54 Å². The zero-order valence-corrected chi connectivity index (χ0v) is 23.2. The second kappa shape index (κ2) is 12.5. The number of carbonyl (C=O) groups excluding carboxylic acids is 3. The summed E-state index contributed by atoms with van der Waals surface area (Å²) < 4.78 is 5.41. The van der Waals surface area contributed by atoms with Gasteiger partial charge in [0.05, 0.1) is 22.6 Å². The molecule has 5 rings (SSSR count). The van der Waals surface area contributed by atoms with E-state index in [0.717, 1.165) is 63.8 Å². The first-order valence-corrected chi connectivity index (χ1v) is 14.5. The second-order valence-corrected chi connectivity index (χ2v) is 11.7. The number of benzene rings is 1. The Bertz CT molecular complexity index is 1030. The molecule has 0 aromatic heterocycles. The Balaban J connectivity index is 1.09. The van der Waals surface area contributed by atoms with Gasteiger partial charge in [-0.2, -0.15) is 0 Å². The van der Waals surface area contributed by atoms with E-state index in [4.69, 9.17) is 27.9 Å². The van der Waals surface area contributed by atoms with Crippen molar-refractivity contribution in [3.63, 3.8) is 0 Å². The molecule has 1 saturated carbocycles. The molecule has 3 heterocycles. The highest BCUT2D eigenvalue weighted by molar-refractivity contribution is 6.42. The Labute approximate surface area is 234 Å². The number of piperazine rings is 1. The number of hydrogen-bond donors (Lipinski definition) is 2. The molecular weight excluding hydrogens is 529 g/mol. The SMILES string of the molecule is O=C(CN1CNC2CCC(N3CCN(C(=O)C4CCOCC4)CC3)CC2C1=O)NCc1ccc(Cl)c(Cl)c1. The molecular formula is C27H37Cl2N5O4. The summed E-state index contributed by atoms with van der Waals surface area (Å²) in [5.74, 6) is 0.0892. The molecule has 4 fully saturated rings. The van der Waals surface area contributed by atoms with Gasteiger partial charge in [-0.3, -0.25) is 24.6 Å². The maximum atomic E-state index is 13.4. The average Bonchev–Trinajstić information content (AvgIpc) is 2.95. The van der Waals surface area contributed by atoms with E-state index >= 15 is 0 Å². The first kappa shape index (κ1) is 27.6. The van der Waals surface area contributed by atoms with Crippen molar-refractivity contribution < 1.29 is 19.1 Å². The molecule has 3 atom stereocenters. The molecule has 208 valence electrons. The van der Waals surface area contributed by atoms with Gasteiger partial charge < -0.3 is 19.9 Å². The van der Waals surface area contributed by atoms with E-state index in [1.807, 2.05) is 11.0 Å². The molecule has 3 saturated heterocycles. The van der Waals surface area contributed by atoms with Crippen LogP contribution in [0.2, 0.25) is 10.0 Å². The number of rotatable bonds is 6. The second-order valence-electron chi connectivity index (χ2n) is 10.9. The molecule has 1 aliphatic carbocycles. The number of ether oxygens (including phenoxy) is 1. The third kappa shape index (κ3) is 6.45. The average molecular weight is 567 g/mol. The van der Waals surface area contributed by atoms with Gasteiger partial charge in [-0.15, -0.1) is 0 Å². The van der Waals surface area contributed by atoms with Crippen LogP contribution in [0.4, 0.5) is 0 Å². The van der Waals surface area contributed by atoms with E-state index in [0.29, 0.717) is 42.5 Å². The van der Waals surface area contributed by atoms with Gasteiger partial charge in [0.15, 0.2) is 0 Å². The van der Waals surface area contributed by atoms with E-state index in [-0.39, 0.29) is 42.1 Å². The summed E-state index contributed by atoms with van der Waals surface area (Å²) in [4.78, 5) is 45.0. The Morgan fingerprint density at radius 1 is 1.03 bits per heavy atom. The van der Waals surface area contributed by atoms with E-state index < -0.39 is 0 Å². The van der Waals surface area contributed by atoms with Gasteiger partial charge in [-0.1, -0.05) is 29.3 Å². The minimum Gasteiger partial charge on any atom is -0.381 e. The third-order valence-electron chi connectivity index (χ3n) is 8.52.